The van der Waals surface area contributed by atoms with Crippen molar-refractivity contribution in [3.63, 3.8) is 0 Å². The lowest BCUT2D eigenvalue weighted by Gasteiger charge is -2.16. The third-order valence-corrected chi connectivity index (χ3v) is 4.37. The molecule has 2 aromatic rings. The molecular weight excluding hydrogens is 290 g/mol. The summed E-state index contributed by atoms with van der Waals surface area (Å²) in [6.07, 6.45) is 3.43. The number of aromatic nitrogens is 2. The summed E-state index contributed by atoms with van der Waals surface area (Å²) in [7, 11) is -3.31. The number of hydrogen-bond acceptors (Lipinski definition) is 6. The molecule has 0 radical (unpaired) electrons. The number of hydrogen-bond donors (Lipinski definition) is 1. The molecule has 0 fully saturated rings. The predicted octanol–water partition coefficient (Wildman–Crippen LogP) is 2.13. The zero-order valence-electron chi connectivity index (χ0n) is 12.5. The third kappa shape index (κ3) is 3.60. The summed E-state index contributed by atoms with van der Waals surface area (Å²) in [6, 6.07) is 3.16. The van der Waals surface area contributed by atoms with Gasteiger partial charge in [0.15, 0.2) is 9.84 Å². The SMILES string of the molecule is Cc1noc(C)c1CC(C)Nc1ncccc1S(C)(=O)=O. The van der Waals surface area contributed by atoms with E-state index in [1.165, 1.54) is 6.26 Å². The van der Waals surface area contributed by atoms with Crippen LogP contribution in [0.2, 0.25) is 0 Å². The second kappa shape index (κ2) is 5.85. The Bertz CT molecular complexity index is 718. The van der Waals surface area contributed by atoms with E-state index in [2.05, 4.69) is 15.5 Å². The lowest BCUT2D eigenvalue weighted by molar-refractivity contribution is 0.392. The van der Waals surface area contributed by atoms with Gasteiger partial charge in [0.2, 0.25) is 0 Å². The monoisotopic (exact) mass is 309 g/mol. The van der Waals surface area contributed by atoms with E-state index in [-0.39, 0.29) is 10.9 Å². The Hall–Kier alpha value is -1.89. The fraction of sp³-hybridized carbons (Fsp3) is 0.429. The maximum Gasteiger partial charge on any atom is 0.179 e. The molecule has 0 saturated carbocycles. The topological polar surface area (TPSA) is 85.1 Å². The van der Waals surface area contributed by atoms with Crippen molar-refractivity contribution in [1.82, 2.24) is 10.1 Å². The molecule has 2 heterocycles. The fourth-order valence-corrected chi connectivity index (χ4v) is 2.97. The third-order valence-electron chi connectivity index (χ3n) is 3.24. The molecule has 21 heavy (non-hydrogen) atoms. The molecule has 7 heteroatoms. The van der Waals surface area contributed by atoms with E-state index in [0.717, 1.165) is 17.0 Å². The molecular formula is C14H19N3O3S. The van der Waals surface area contributed by atoms with E-state index in [0.29, 0.717) is 12.2 Å². The van der Waals surface area contributed by atoms with Gasteiger partial charge in [-0.1, -0.05) is 5.16 Å². The number of rotatable bonds is 5. The molecule has 0 aliphatic heterocycles. The zero-order chi connectivity index (χ0) is 15.6. The maximum atomic E-state index is 11.8. The second-order valence-corrected chi connectivity index (χ2v) is 7.16. The van der Waals surface area contributed by atoms with Gasteiger partial charge in [0.25, 0.3) is 0 Å². The van der Waals surface area contributed by atoms with Gasteiger partial charge in [-0.2, -0.15) is 0 Å². The van der Waals surface area contributed by atoms with Crippen LogP contribution in [0.5, 0.6) is 0 Å². The van der Waals surface area contributed by atoms with Crippen LogP contribution in [0, 0.1) is 13.8 Å². The molecule has 0 amide bonds. The Morgan fingerprint density at radius 3 is 2.67 bits per heavy atom. The zero-order valence-corrected chi connectivity index (χ0v) is 13.4. The van der Waals surface area contributed by atoms with Gasteiger partial charge in [-0.3, -0.25) is 0 Å². The van der Waals surface area contributed by atoms with Gasteiger partial charge in [0, 0.05) is 24.1 Å². The van der Waals surface area contributed by atoms with E-state index < -0.39 is 9.84 Å². The summed E-state index contributed by atoms with van der Waals surface area (Å²) >= 11 is 0. The smallest absolute Gasteiger partial charge is 0.179 e. The van der Waals surface area contributed by atoms with Gasteiger partial charge >= 0.3 is 0 Å². The van der Waals surface area contributed by atoms with Crippen molar-refractivity contribution >= 4 is 15.7 Å². The van der Waals surface area contributed by atoms with Crippen LogP contribution in [0.1, 0.15) is 23.9 Å². The van der Waals surface area contributed by atoms with Crippen LogP contribution in [0.25, 0.3) is 0 Å². The molecule has 0 bridgehead atoms. The van der Waals surface area contributed by atoms with Crippen molar-refractivity contribution < 1.29 is 12.9 Å². The first kappa shape index (κ1) is 15.5. The Morgan fingerprint density at radius 1 is 1.38 bits per heavy atom. The summed E-state index contributed by atoms with van der Waals surface area (Å²) in [6.45, 7) is 5.72. The van der Waals surface area contributed by atoms with Gasteiger partial charge in [-0.05, 0) is 39.3 Å². The maximum absolute atomic E-state index is 11.8. The Kier molecular flexibility index (Phi) is 4.32. The van der Waals surface area contributed by atoms with Crippen molar-refractivity contribution in [3.8, 4) is 0 Å². The number of pyridine rings is 1. The standard InChI is InChI=1S/C14H19N3O3S/c1-9(8-12-10(2)17-20-11(12)3)16-14-13(21(4,18)19)6-5-7-15-14/h5-7,9H,8H2,1-4H3,(H,15,16). The lowest BCUT2D eigenvalue weighted by Crippen LogP contribution is -2.21. The van der Waals surface area contributed by atoms with Crippen LogP contribution in [-0.2, 0) is 16.3 Å². The number of nitrogens with zero attached hydrogens (tertiary/aromatic N) is 2. The minimum atomic E-state index is -3.31. The van der Waals surface area contributed by atoms with Gasteiger partial charge in [-0.15, -0.1) is 0 Å². The number of anilines is 1. The highest BCUT2D eigenvalue weighted by atomic mass is 32.2. The minimum absolute atomic E-state index is 0.00259. The van der Waals surface area contributed by atoms with Gasteiger partial charge in [0.1, 0.15) is 16.5 Å². The summed E-state index contributed by atoms with van der Waals surface area (Å²) in [5.74, 6) is 1.16. The molecule has 0 saturated heterocycles. The van der Waals surface area contributed by atoms with Gasteiger partial charge in [-0.25, -0.2) is 13.4 Å². The Labute approximate surface area is 124 Å². The summed E-state index contributed by atoms with van der Waals surface area (Å²) < 4.78 is 28.6. The van der Waals surface area contributed by atoms with Crippen LogP contribution < -0.4 is 5.32 Å². The molecule has 2 aromatic heterocycles. The molecule has 0 aliphatic carbocycles. The Morgan fingerprint density at radius 2 is 2.10 bits per heavy atom. The molecule has 0 aliphatic rings. The van der Waals surface area contributed by atoms with E-state index in [1.54, 1.807) is 18.3 Å². The lowest BCUT2D eigenvalue weighted by atomic mass is 10.1. The van der Waals surface area contributed by atoms with Crippen LogP contribution in [-0.4, -0.2) is 30.9 Å². The number of sulfone groups is 1. The molecule has 0 aromatic carbocycles. The van der Waals surface area contributed by atoms with Crippen LogP contribution in [0.4, 0.5) is 5.82 Å². The highest BCUT2D eigenvalue weighted by molar-refractivity contribution is 7.90. The molecule has 6 nitrogen and oxygen atoms in total. The summed E-state index contributed by atoms with van der Waals surface area (Å²) in [4.78, 5) is 4.33. The summed E-state index contributed by atoms with van der Waals surface area (Å²) in [5, 5.41) is 7.07. The van der Waals surface area contributed by atoms with Crippen molar-refractivity contribution in [1.29, 1.82) is 0 Å². The van der Waals surface area contributed by atoms with Crippen LogP contribution in [0.3, 0.4) is 0 Å². The second-order valence-electron chi connectivity index (χ2n) is 5.17. The van der Waals surface area contributed by atoms with E-state index in [9.17, 15) is 8.42 Å². The average Bonchev–Trinajstić information content (AvgIpc) is 2.70. The quantitative estimate of drug-likeness (QED) is 0.910. The first-order chi connectivity index (χ1) is 9.79. The summed E-state index contributed by atoms with van der Waals surface area (Å²) in [5.41, 5.74) is 1.89. The predicted molar refractivity (Wildman–Crippen MR) is 80.1 cm³/mol. The number of aryl methyl sites for hydroxylation is 2. The van der Waals surface area contributed by atoms with E-state index in [4.69, 9.17) is 4.52 Å². The van der Waals surface area contributed by atoms with Gasteiger partial charge < -0.3 is 9.84 Å². The minimum Gasteiger partial charge on any atom is -0.366 e. The van der Waals surface area contributed by atoms with Crippen LogP contribution >= 0.6 is 0 Å². The normalized spacial score (nSPS) is 13.1. The first-order valence-electron chi connectivity index (χ1n) is 6.62. The molecule has 2 rings (SSSR count). The van der Waals surface area contributed by atoms with Gasteiger partial charge in [0.05, 0.1) is 5.69 Å². The molecule has 0 spiro atoms. The number of nitrogens with one attached hydrogen (secondary N) is 1. The molecule has 1 unspecified atom stereocenters. The first-order valence-corrected chi connectivity index (χ1v) is 8.51. The van der Waals surface area contributed by atoms with E-state index >= 15 is 0 Å². The van der Waals surface area contributed by atoms with Crippen molar-refractivity contribution in [2.75, 3.05) is 11.6 Å². The largest absolute Gasteiger partial charge is 0.366 e. The van der Waals surface area contributed by atoms with Crippen molar-refractivity contribution in [2.24, 2.45) is 0 Å². The Balaban J connectivity index is 2.19. The van der Waals surface area contributed by atoms with Crippen molar-refractivity contribution in [2.45, 2.75) is 38.1 Å². The van der Waals surface area contributed by atoms with Crippen molar-refractivity contribution in [3.05, 3.63) is 35.3 Å². The molecule has 1 N–H and O–H groups in total. The fourth-order valence-electron chi connectivity index (χ4n) is 2.18. The average molecular weight is 309 g/mol. The molecule has 1 atom stereocenters. The van der Waals surface area contributed by atoms with Crippen LogP contribution in [0.15, 0.2) is 27.7 Å². The molecule has 114 valence electrons. The van der Waals surface area contributed by atoms with E-state index in [1.807, 2.05) is 20.8 Å². The highest BCUT2D eigenvalue weighted by Gasteiger charge is 2.17. The highest BCUT2D eigenvalue weighted by Crippen LogP contribution is 2.21.